The van der Waals surface area contributed by atoms with Crippen molar-refractivity contribution in [2.75, 3.05) is 54.1 Å². The molecule has 0 unspecified atom stereocenters. The summed E-state index contributed by atoms with van der Waals surface area (Å²) in [7, 11) is 4.64. The highest BCUT2D eigenvalue weighted by molar-refractivity contribution is 6.31. The number of nitrogens with one attached hydrogen (secondary N) is 2. The molecule has 4 aromatic carbocycles. The zero-order chi connectivity index (χ0) is 54.0. The molecule has 5 aromatic rings. The van der Waals surface area contributed by atoms with Gasteiger partial charge >= 0.3 is 0 Å². The Morgan fingerprint density at radius 1 is 0.829 bits per heavy atom. The summed E-state index contributed by atoms with van der Waals surface area (Å²) in [5.74, 6) is -1.59. The third-order valence-corrected chi connectivity index (χ3v) is 15.2. The molecule has 17 nitrogen and oxygen atoms in total. The summed E-state index contributed by atoms with van der Waals surface area (Å²) >= 11 is 12.8. The highest BCUT2D eigenvalue weighted by Crippen LogP contribution is 2.33. The van der Waals surface area contributed by atoms with E-state index in [1.165, 1.54) is 16.9 Å². The Bertz CT molecular complexity index is 2860. The first-order valence-corrected chi connectivity index (χ1v) is 26.5. The number of imidazole rings is 1. The first kappa shape index (κ1) is 55.4. The van der Waals surface area contributed by atoms with Crippen LogP contribution in [-0.2, 0) is 70.7 Å². The highest BCUT2D eigenvalue weighted by Gasteiger charge is 2.37. The van der Waals surface area contributed by atoms with Gasteiger partial charge in [-0.2, -0.15) is 0 Å². The number of benzene rings is 4. The zero-order valence-electron chi connectivity index (χ0n) is 43.6. The number of amides is 6. The van der Waals surface area contributed by atoms with Crippen molar-refractivity contribution >= 4 is 58.6 Å². The molecule has 0 saturated carbocycles. The van der Waals surface area contributed by atoms with Gasteiger partial charge in [0.15, 0.2) is 0 Å². The van der Waals surface area contributed by atoms with Gasteiger partial charge in [0.2, 0.25) is 35.4 Å². The Labute approximate surface area is 453 Å². The molecule has 76 heavy (non-hydrogen) atoms. The second-order valence-corrected chi connectivity index (χ2v) is 20.8. The van der Waals surface area contributed by atoms with E-state index >= 15 is 4.79 Å². The van der Waals surface area contributed by atoms with E-state index in [9.17, 15) is 24.0 Å². The van der Waals surface area contributed by atoms with Gasteiger partial charge in [0.1, 0.15) is 29.4 Å². The Hall–Kier alpha value is -6.79. The molecule has 0 radical (unpaired) electrons. The number of nitrogens with zero attached hydrogens (tertiary/aromatic N) is 6. The van der Waals surface area contributed by atoms with E-state index in [1.54, 1.807) is 56.3 Å². The molecule has 0 aliphatic carbocycles. The SMILES string of the molecule is COC[C@@H]1NC(=O)[C@H](C)N(Cc2ccc(Cl)cc2Oc2ccc(-c3cnc4n3CCN(C(=O)[C@@H]3CCOC3)C4)cc2)C(=O)C[C@@H](Cc2ccccc2)C(=O)N(C)[C@@H](C)CNC(=O)C[C@H](Cc2ccc(Cl)cc2)N(C)C1=O. The van der Waals surface area contributed by atoms with Gasteiger partial charge in [-0.1, -0.05) is 71.7 Å². The minimum atomic E-state index is -1.21. The Kier molecular flexibility index (Phi) is 18.5. The number of carbonyl (C=O) groups excluding carboxylic acids is 6. The lowest BCUT2D eigenvalue weighted by Gasteiger charge is -2.35. The number of rotatable bonds is 12. The number of hydrogen-bond acceptors (Lipinski definition) is 10. The monoisotopic (exact) mass is 1080 g/mol. The van der Waals surface area contributed by atoms with E-state index in [2.05, 4.69) is 20.2 Å². The van der Waals surface area contributed by atoms with E-state index in [1.807, 2.05) is 84.8 Å². The van der Waals surface area contributed by atoms with Crippen molar-refractivity contribution in [2.24, 2.45) is 11.8 Å². The second kappa shape index (κ2) is 25.4. The molecule has 6 amide bonds. The van der Waals surface area contributed by atoms with Crippen molar-refractivity contribution in [3.8, 4) is 22.8 Å². The molecule has 2 N–H and O–H groups in total. The summed E-state index contributed by atoms with van der Waals surface area (Å²) in [6.07, 6.45) is 2.69. The van der Waals surface area contributed by atoms with E-state index in [0.29, 0.717) is 60.0 Å². The Balaban J connectivity index is 1.08. The van der Waals surface area contributed by atoms with Gasteiger partial charge < -0.3 is 49.0 Å². The average molecular weight is 1080 g/mol. The van der Waals surface area contributed by atoms with Crippen molar-refractivity contribution in [3.05, 3.63) is 136 Å². The summed E-state index contributed by atoms with van der Waals surface area (Å²) in [6.45, 7) is 5.79. The first-order valence-electron chi connectivity index (χ1n) is 25.7. The summed E-state index contributed by atoms with van der Waals surface area (Å²) in [5, 5.41) is 6.73. The Morgan fingerprint density at radius 2 is 1.55 bits per heavy atom. The molecule has 4 heterocycles. The summed E-state index contributed by atoms with van der Waals surface area (Å²) in [6, 6.07) is 25.5. The van der Waals surface area contributed by atoms with Crippen LogP contribution in [0.1, 0.15) is 55.6 Å². The van der Waals surface area contributed by atoms with Crippen molar-refractivity contribution in [2.45, 2.75) is 89.8 Å². The molecule has 3 aliphatic heterocycles. The number of carbonyl (C=O) groups is 6. The lowest BCUT2D eigenvalue weighted by molar-refractivity contribution is -0.147. The van der Waals surface area contributed by atoms with Crippen LogP contribution in [0.2, 0.25) is 10.0 Å². The van der Waals surface area contributed by atoms with Crippen LogP contribution < -0.4 is 15.4 Å². The van der Waals surface area contributed by atoms with Crippen LogP contribution >= 0.6 is 23.2 Å². The van der Waals surface area contributed by atoms with Crippen molar-refractivity contribution < 1.29 is 43.0 Å². The fourth-order valence-corrected chi connectivity index (χ4v) is 10.3. The summed E-state index contributed by atoms with van der Waals surface area (Å²) < 4.78 is 19.6. The van der Waals surface area contributed by atoms with E-state index < -0.39 is 47.8 Å². The average Bonchev–Trinajstić information content (AvgIpc) is 4.13. The van der Waals surface area contributed by atoms with Gasteiger partial charge in [0.25, 0.3) is 0 Å². The predicted molar refractivity (Wildman–Crippen MR) is 287 cm³/mol. The molecule has 3 aliphatic rings. The number of methoxy groups -OCH3 is 1. The van der Waals surface area contributed by atoms with Gasteiger partial charge in [0, 0.05) is 93.5 Å². The van der Waals surface area contributed by atoms with Gasteiger partial charge in [-0.05, 0) is 92.8 Å². The van der Waals surface area contributed by atoms with Crippen LogP contribution in [0.15, 0.2) is 103 Å². The number of halogens is 2. The third kappa shape index (κ3) is 13.6. The topological polar surface area (TPSA) is 185 Å². The largest absolute Gasteiger partial charge is 0.457 e. The number of fused-ring (bicyclic) bond motifs is 1. The summed E-state index contributed by atoms with van der Waals surface area (Å²) in [4.78, 5) is 96.7. The molecule has 0 spiro atoms. The number of likely N-dealkylation sites (N-methyl/N-ethyl adjacent to an activating group) is 2. The number of ether oxygens (including phenoxy) is 3. The maximum Gasteiger partial charge on any atom is 0.247 e. The highest BCUT2D eigenvalue weighted by atomic mass is 35.5. The van der Waals surface area contributed by atoms with Crippen LogP contribution in [-0.4, -0.2) is 143 Å². The minimum Gasteiger partial charge on any atom is -0.457 e. The quantitative estimate of drug-likeness (QED) is 0.139. The fraction of sp³-hybridized carbons (Fsp3) is 0.421. The van der Waals surface area contributed by atoms with Gasteiger partial charge in [-0.25, -0.2) is 4.98 Å². The lowest BCUT2D eigenvalue weighted by Crippen LogP contribution is -2.57. The van der Waals surface area contributed by atoms with Crippen LogP contribution in [0, 0.1) is 11.8 Å². The molecular formula is C57H66Cl2N8O9. The van der Waals surface area contributed by atoms with Crippen LogP contribution in [0.5, 0.6) is 11.5 Å². The van der Waals surface area contributed by atoms with Crippen molar-refractivity contribution in [1.82, 2.24) is 39.8 Å². The molecule has 0 bridgehead atoms. The zero-order valence-corrected chi connectivity index (χ0v) is 45.1. The standard InChI is InChI=1S/C57H66Cl2N8O9/c1-36-30-61-52(68)29-46(26-39-11-16-44(58)17-12-39)64(4)57(73)48(35-74-5)62-54(70)37(2)67(53(69)27-43(55(71)63(36)3)25-38-9-7-6-8-10-38)32-41-13-18-45(59)28-50(41)76-47-19-14-40(15-20-47)49-31-60-51-33-65(22-23-66(49)51)56(72)42-21-24-75-34-42/h6-20,28,31,36-37,42-43,46,48H,21-27,29-30,32-35H2,1-5H3,(H,61,68)(H,62,70)/t36-,37-,42+,43+,46-,48-/m0/s1. The van der Waals surface area contributed by atoms with E-state index in [0.717, 1.165) is 34.6 Å². The number of hydrogen-bond donors (Lipinski definition) is 2. The molecule has 402 valence electrons. The lowest BCUT2D eigenvalue weighted by atomic mass is 9.93. The van der Waals surface area contributed by atoms with Crippen molar-refractivity contribution in [3.63, 3.8) is 0 Å². The predicted octanol–water partition coefficient (Wildman–Crippen LogP) is 6.56. The second-order valence-electron chi connectivity index (χ2n) is 20.0. The Morgan fingerprint density at radius 3 is 2.26 bits per heavy atom. The maximum absolute atomic E-state index is 15.1. The van der Waals surface area contributed by atoms with E-state index in [4.69, 9.17) is 37.4 Å². The first-order chi connectivity index (χ1) is 36.6. The van der Waals surface area contributed by atoms with Gasteiger partial charge in [0.05, 0.1) is 50.0 Å². The molecule has 2 saturated heterocycles. The minimum absolute atomic E-state index is 0.0827. The maximum atomic E-state index is 15.1. The fourth-order valence-electron chi connectivity index (χ4n) is 9.97. The van der Waals surface area contributed by atoms with Crippen LogP contribution in [0.4, 0.5) is 0 Å². The number of aromatic nitrogens is 2. The van der Waals surface area contributed by atoms with Crippen molar-refractivity contribution in [1.29, 1.82) is 0 Å². The normalized spacial score (nSPS) is 22.4. The van der Waals surface area contributed by atoms with Crippen LogP contribution in [0.3, 0.4) is 0 Å². The van der Waals surface area contributed by atoms with Gasteiger partial charge in [-0.15, -0.1) is 0 Å². The summed E-state index contributed by atoms with van der Waals surface area (Å²) in [5.41, 5.74) is 3.98. The van der Waals surface area contributed by atoms with Crippen LogP contribution in [0.25, 0.3) is 11.3 Å². The molecule has 8 rings (SSSR count). The third-order valence-electron chi connectivity index (χ3n) is 14.7. The van der Waals surface area contributed by atoms with Gasteiger partial charge in [-0.3, -0.25) is 28.8 Å². The molecule has 6 atom stereocenters. The molecular weight excluding hydrogens is 1010 g/mol. The molecule has 19 heteroatoms. The molecule has 2 fully saturated rings. The molecule has 1 aromatic heterocycles. The smallest absolute Gasteiger partial charge is 0.247 e. The van der Waals surface area contributed by atoms with E-state index in [-0.39, 0.29) is 69.0 Å².